The van der Waals surface area contributed by atoms with E-state index in [-0.39, 0.29) is 4.77 Å². The number of nitrogens with one attached hydrogen (secondary N) is 2. The maximum Gasteiger partial charge on any atom is 0.282 e. The molecule has 3 aromatic rings. The summed E-state index contributed by atoms with van der Waals surface area (Å²) < 4.78 is 7.49. The third-order valence-electron chi connectivity index (χ3n) is 3.39. The molecule has 0 saturated heterocycles. The van der Waals surface area contributed by atoms with E-state index in [0.717, 1.165) is 9.15 Å². The van der Waals surface area contributed by atoms with Crippen molar-refractivity contribution in [3.8, 4) is 5.75 Å². The van der Waals surface area contributed by atoms with Crippen molar-refractivity contribution in [1.82, 2.24) is 14.6 Å². The predicted molar refractivity (Wildman–Crippen MR) is 99.8 cm³/mol. The molecule has 0 saturated carbocycles. The molecular formula is C16H13BrN4O3S. The fourth-order valence-corrected chi connectivity index (χ4v) is 2.61. The number of aromatic nitrogens is 3. The summed E-state index contributed by atoms with van der Waals surface area (Å²) in [6.45, 7) is 1.58. The number of benzene rings is 1. The number of halogens is 1. The van der Waals surface area contributed by atoms with E-state index in [2.05, 4.69) is 31.3 Å². The van der Waals surface area contributed by atoms with Crippen molar-refractivity contribution in [2.75, 3.05) is 5.43 Å². The average Bonchev–Trinajstić information content (AvgIpc) is 2.60. The van der Waals surface area contributed by atoms with Gasteiger partial charge in [0.25, 0.3) is 11.5 Å². The maximum absolute atomic E-state index is 12.5. The van der Waals surface area contributed by atoms with Gasteiger partial charge in [-0.05, 0) is 55.5 Å². The highest BCUT2D eigenvalue weighted by Gasteiger charge is 2.17. The topological polar surface area (TPSA) is 89.0 Å². The standard InChI is InChI=1S/C16H13BrN4O3S/c1-9(24-11-6-4-10(17)5-7-11)14(22)20-21-15(23)12-3-2-8-18-13(12)19-16(21)25/h2-9H,1H3,(H,20,22)(H,18,19,25)/t9-/m1/s1. The molecule has 0 unspecified atom stereocenters. The minimum Gasteiger partial charge on any atom is -0.481 e. The third kappa shape index (κ3) is 3.77. The van der Waals surface area contributed by atoms with Gasteiger partial charge in [0.2, 0.25) is 4.77 Å². The minimum atomic E-state index is -0.827. The smallest absolute Gasteiger partial charge is 0.282 e. The first-order valence-electron chi connectivity index (χ1n) is 7.29. The number of H-pyrrole nitrogens is 1. The van der Waals surface area contributed by atoms with E-state index < -0.39 is 17.6 Å². The molecule has 2 heterocycles. The van der Waals surface area contributed by atoms with Crippen LogP contribution in [-0.4, -0.2) is 26.7 Å². The Bertz CT molecular complexity index is 1050. The van der Waals surface area contributed by atoms with Crippen LogP contribution in [0.15, 0.2) is 51.9 Å². The van der Waals surface area contributed by atoms with Gasteiger partial charge in [0.05, 0.1) is 5.39 Å². The van der Waals surface area contributed by atoms with E-state index in [0.29, 0.717) is 16.8 Å². The van der Waals surface area contributed by atoms with Crippen LogP contribution >= 0.6 is 28.1 Å². The molecule has 1 amide bonds. The van der Waals surface area contributed by atoms with Gasteiger partial charge in [0.1, 0.15) is 11.4 Å². The average molecular weight is 421 g/mol. The van der Waals surface area contributed by atoms with Gasteiger partial charge < -0.3 is 9.72 Å². The molecule has 9 heteroatoms. The molecule has 0 aliphatic carbocycles. The van der Waals surface area contributed by atoms with Crippen molar-refractivity contribution in [3.63, 3.8) is 0 Å². The largest absolute Gasteiger partial charge is 0.481 e. The summed E-state index contributed by atoms with van der Waals surface area (Å²) in [4.78, 5) is 31.7. The zero-order valence-electron chi connectivity index (χ0n) is 13.0. The van der Waals surface area contributed by atoms with Crippen molar-refractivity contribution in [2.24, 2.45) is 0 Å². The molecule has 0 fully saturated rings. The van der Waals surface area contributed by atoms with Crippen LogP contribution in [0.25, 0.3) is 11.0 Å². The van der Waals surface area contributed by atoms with Crippen LogP contribution in [0.5, 0.6) is 5.75 Å². The number of pyridine rings is 1. The second-order valence-electron chi connectivity index (χ2n) is 5.16. The Kier molecular flexibility index (Phi) is 4.95. The number of carbonyl (C=O) groups is 1. The Labute approximate surface area is 155 Å². The first-order valence-corrected chi connectivity index (χ1v) is 8.49. The Balaban J connectivity index is 1.83. The van der Waals surface area contributed by atoms with Crippen LogP contribution < -0.4 is 15.7 Å². The Hall–Kier alpha value is -2.52. The number of hydrogen-bond acceptors (Lipinski definition) is 5. The SMILES string of the molecule is C[C@@H](Oc1ccc(Br)cc1)C(=O)Nn1c(=S)[nH]c2ncccc2c1=O. The molecule has 0 spiro atoms. The summed E-state index contributed by atoms with van der Waals surface area (Å²) >= 11 is 8.45. The molecule has 7 nitrogen and oxygen atoms in total. The first-order chi connectivity index (χ1) is 12.0. The van der Waals surface area contributed by atoms with Crippen molar-refractivity contribution in [2.45, 2.75) is 13.0 Å². The molecule has 0 radical (unpaired) electrons. The van der Waals surface area contributed by atoms with Gasteiger partial charge in [-0.15, -0.1) is 0 Å². The summed E-state index contributed by atoms with van der Waals surface area (Å²) in [5.41, 5.74) is 2.37. The Morgan fingerprint density at radius 3 is 2.80 bits per heavy atom. The van der Waals surface area contributed by atoms with Gasteiger partial charge in [0.15, 0.2) is 6.10 Å². The zero-order valence-corrected chi connectivity index (χ0v) is 15.4. The molecule has 0 aliphatic rings. The molecular weight excluding hydrogens is 408 g/mol. The highest BCUT2D eigenvalue weighted by atomic mass is 79.9. The Morgan fingerprint density at radius 1 is 1.36 bits per heavy atom. The van der Waals surface area contributed by atoms with Crippen molar-refractivity contribution >= 4 is 45.1 Å². The molecule has 128 valence electrons. The molecule has 0 aliphatic heterocycles. The number of carbonyl (C=O) groups excluding carboxylic acids is 1. The van der Waals surface area contributed by atoms with Crippen molar-refractivity contribution in [3.05, 3.63) is 62.2 Å². The van der Waals surface area contributed by atoms with Crippen LogP contribution in [0, 0.1) is 4.77 Å². The van der Waals surface area contributed by atoms with Crippen LogP contribution in [-0.2, 0) is 4.79 Å². The molecule has 0 bridgehead atoms. The molecule has 3 rings (SSSR count). The number of hydrogen-bond donors (Lipinski definition) is 2. The lowest BCUT2D eigenvalue weighted by Gasteiger charge is -2.16. The van der Waals surface area contributed by atoms with E-state index in [4.69, 9.17) is 17.0 Å². The number of ether oxygens (including phenoxy) is 1. The summed E-state index contributed by atoms with van der Waals surface area (Å²) in [6.07, 6.45) is 0.719. The van der Waals surface area contributed by atoms with E-state index in [1.54, 1.807) is 49.5 Å². The number of fused-ring (bicyclic) bond motifs is 1. The van der Waals surface area contributed by atoms with Crippen LogP contribution in [0.2, 0.25) is 0 Å². The fourth-order valence-electron chi connectivity index (χ4n) is 2.12. The summed E-state index contributed by atoms with van der Waals surface area (Å²) in [5.74, 6) is 0.0267. The quantitative estimate of drug-likeness (QED) is 0.633. The highest BCUT2D eigenvalue weighted by molar-refractivity contribution is 9.10. The summed E-state index contributed by atoms with van der Waals surface area (Å²) in [5, 5.41) is 0.317. The lowest BCUT2D eigenvalue weighted by molar-refractivity contribution is -0.123. The fraction of sp³-hybridized carbons (Fsp3) is 0.125. The lowest BCUT2D eigenvalue weighted by Crippen LogP contribution is -2.40. The van der Waals surface area contributed by atoms with E-state index in [9.17, 15) is 9.59 Å². The zero-order chi connectivity index (χ0) is 18.0. The number of rotatable bonds is 4. The number of aromatic amines is 1. The predicted octanol–water partition coefficient (Wildman–Crippen LogP) is 2.75. The number of nitrogens with zero attached hydrogens (tertiary/aromatic N) is 2. The molecule has 1 aromatic carbocycles. The molecule has 2 aromatic heterocycles. The van der Waals surface area contributed by atoms with Gasteiger partial charge in [-0.3, -0.25) is 15.0 Å². The van der Waals surface area contributed by atoms with E-state index in [1.807, 2.05) is 0 Å². The van der Waals surface area contributed by atoms with Crippen LogP contribution in [0.3, 0.4) is 0 Å². The Morgan fingerprint density at radius 2 is 2.08 bits per heavy atom. The summed E-state index contributed by atoms with van der Waals surface area (Å²) in [7, 11) is 0. The van der Waals surface area contributed by atoms with Crippen LogP contribution in [0.4, 0.5) is 0 Å². The van der Waals surface area contributed by atoms with Gasteiger partial charge in [-0.2, -0.15) is 4.68 Å². The van der Waals surface area contributed by atoms with Gasteiger partial charge >= 0.3 is 0 Å². The highest BCUT2D eigenvalue weighted by Crippen LogP contribution is 2.17. The second-order valence-corrected chi connectivity index (χ2v) is 6.46. The van der Waals surface area contributed by atoms with Gasteiger partial charge in [-0.25, -0.2) is 4.98 Å². The summed E-state index contributed by atoms with van der Waals surface area (Å²) in [6, 6.07) is 10.3. The normalized spacial score (nSPS) is 11.9. The molecule has 2 N–H and O–H groups in total. The van der Waals surface area contributed by atoms with Crippen molar-refractivity contribution < 1.29 is 9.53 Å². The molecule has 25 heavy (non-hydrogen) atoms. The van der Waals surface area contributed by atoms with Gasteiger partial charge in [-0.1, -0.05) is 15.9 Å². The first kappa shape index (κ1) is 17.3. The number of amides is 1. The minimum absolute atomic E-state index is 0.0420. The maximum atomic E-state index is 12.5. The third-order valence-corrected chi connectivity index (χ3v) is 4.20. The second kappa shape index (κ2) is 7.16. The lowest BCUT2D eigenvalue weighted by atomic mass is 10.3. The monoisotopic (exact) mass is 420 g/mol. The van der Waals surface area contributed by atoms with E-state index in [1.165, 1.54) is 0 Å². The van der Waals surface area contributed by atoms with Crippen LogP contribution in [0.1, 0.15) is 6.92 Å². The van der Waals surface area contributed by atoms with Crippen molar-refractivity contribution in [1.29, 1.82) is 0 Å². The molecule has 1 atom stereocenters. The van der Waals surface area contributed by atoms with E-state index >= 15 is 0 Å². The van der Waals surface area contributed by atoms with Gasteiger partial charge in [0, 0.05) is 10.7 Å².